The largest absolute Gasteiger partial charge is 0.478 e. The van der Waals surface area contributed by atoms with E-state index in [0.717, 1.165) is 0 Å². The number of rotatable bonds is 2. The average molecular weight is 342 g/mol. The Morgan fingerprint density at radius 2 is 1.76 bits per heavy atom. The normalized spacial score (nSPS) is 11.0. The van der Waals surface area contributed by atoms with Gasteiger partial charge in [-0.25, -0.2) is 9.78 Å². The molecule has 0 aliphatic carbocycles. The number of fused-ring (bicyclic) bond motifs is 1. The van der Waals surface area contributed by atoms with Gasteiger partial charge in [0.15, 0.2) is 0 Å². The number of aromatic nitrogens is 2. The first-order chi connectivity index (χ1) is 9.97. The van der Waals surface area contributed by atoms with E-state index in [1.54, 1.807) is 23.0 Å². The standard InChI is InChI=1S/C14H7Cl3N2O2/c15-8-4-10(17)12(5-9(8)16)19-6-18-11-2-1-7(14(20)21)3-13(11)19/h1-6H,(H,20,21). The Hall–Kier alpha value is -1.75. The Morgan fingerprint density at radius 3 is 2.48 bits per heavy atom. The third-order valence-corrected chi connectivity index (χ3v) is 4.07. The molecule has 0 atom stereocenters. The second-order valence-corrected chi connectivity index (χ2v) is 5.56. The molecule has 1 N–H and O–H groups in total. The molecule has 0 unspecified atom stereocenters. The molecule has 0 fully saturated rings. The highest BCUT2D eigenvalue weighted by Crippen LogP contribution is 2.32. The van der Waals surface area contributed by atoms with E-state index in [0.29, 0.717) is 31.8 Å². The van der Waals surface area contributed by atoms with Crippen LogP contribution >= 0.6 is 34.8 Å². The van der Waals surface area contributed by atoms with Gasteiger partial charge < -0.3 is 5.11 Å². The maximum Gasteiger partial charge on any atom is 0.335 e. The Bertz CT molecular complexity index is 874. The molecule has 1 heterocycles. The van der Waals surface area contributed by atoms with E-state index in [1.807, 2.05) is 0 Å². The van der Waals surface area contributed by atoms with Gasteiger partial charge in [0.05, 0.1) is 37.4 Å². The second kappa shape index (κ2) is 5.22. The lowest BCUT2D eigenvalue weighted by Crippen LogP contribution is -1.98. The SMILES string of the molecule is O=C(O)c1ccc2ncn(-c3cc(Cl)c(Cl)cc3Cl)c2c1. The molecule has 0 radical (unpaired) electrons. The van der Waals surface area contributed by atoms with E-state index in [1.165, 1.54) is 18.2 Å². The average Bonchev–Trinajstić information content (AvgIpc) is 2.85. The molecule has 0 bridgehead atoms. The molecule has 3 aromatic rings. The molecule has 1 aromatic heterocycles. The van der Waals surface area contributed by atoms with Crippen LogP contribution in [0.5, 0.6) is 0 Å². The van der Waals surface area contributed by atoms with Crippen LogP contribution < -0.4 is 0 Å². The van der Waals surface area contributed by atoms with Crippen molar-refractivity contribution in [2.75, 3.05) is 0 Å². The molecule has 7 heteroatoms. The van der Waals surface area contributed by atoms with Gasteiger partial charge in [0.25, 0.3) is 0 Å². The molecule has 0 aliphatic heterocycles. The zero-order valence-electron chi connectivity index (χ0n) is 10.3. The van der Waals surface area contributed by atoms with Gasteiger partial charge in [0.1, 0.15) is 6.33 Å². The highest BCUT2D eigenvalue weighted by atomic mass is 35.5. The minimum atomic E-state index is -1.01. The highest BCUT2D eigenvalue weighted by Gasteiger charge is 2.13. The number of carboxylic acids is 1. The van der Waals surface area contributed by atoms with Crippen LogP contribution in [0.3, 0.4) is 0 Å². The molecular formula is C14H7Cl3N2O2. The van der Waals surface area contributed by atoms with Crippen molar-refractivity contribution in [3.63, 3.8) is 0 Å². The lowest BCUT2D eigenvalue weighted by atomic mass is 10.2. The van der Waals surface area contributed by atoms with Crippen molar-refractivity contribution in [1.82, 2.24) is 9.55 Å². The number of benzene rings is 2. The van der Waals surface area contributed by atoms with Crippen molar-refractivity contribution in [3.8, 4) is 5.69 Å². The van der Waals surface area contributed by atoms with Crippen molar-refractivity contribution in [3.05, 3.63) is 57.3 Å². The topological polar surface area (TPSA) is 55.1 Å². The minimum Gasteiger partial charge on any atom is -0.478 e. The Morgan fingerprint density at radius 1 is 1.05 bits per heavy atom. The number of hydrogen-bond acceptors (Lipinski definition) is 2. The molecule has 4 nitrogen and oxygen atoms in total. The van der Waals surface area contributed by atoms with Crippen molar-refractivity contribution in [1.29, 1.82) is 0 Å². The lowest BCUT2D eigenvalue weighted by molar-refractivity contribution is 0.0697. The number of aromatic carboxylic acids is 1. The highest BCUT2D eigenvalue weighted by molar-refractivity contribution is 6.43. The first kappa shape index (κ1) is 14.2. The molecular weight excluding hydrogens is 335 g/mol. The quantitative estimate of drug-likeness (QED) is 0.688. The number of imidazole rings is 1. The van der Waals surface area contributed by atoms with Crippen LogP contribution in [0.15, 0.2) is 36.7 Å². The Balaban J connectivity index is 2.27. The second-order valence-electron chi connectivity index (χ2n) is 4.34. The van der Waals surface area contributed by atoms with Gasteiger partial charge in [-0.15, -0.1) is 0 Å². The third kappa shape index (κ3) is 2.46. The minimum absolute atomic E-state index is 0.167. The fourth-order valence-electron chi connectivity index (χ4n) is 2.03. The van der Waals surface area contributed by atoms with E-state index in [2.05, 4.69) is 4.98 Å². The van der Waals surface area contributed by atoms with Crippen LogP contribution in [-0.2, 0) is 0 Å². The predicted octanol–water partition coefficient (Wildman–Crippen LogP) is 4.68. The van der Waals surface area contributed by atoms with Crippen molar-refractivity contribution >= 4 is 51.8 Å². The molecule has 0 saturated carbocycles. The maximum absolute atomic E-state index is 11.1. The number of carbonyl (C=O) groups is 1. The van der Waals surface area contributed by atoms with E-state index in [4.69, 9.17) is 39.9 Å². The fourth-order valence-corrected chi connectivity index (χ4v) is 2.66. The van der Waals surface area contributed by atoms with Crippen molar-refractivity contribution in [2.24, 2.45) is 0 Å². The van der Waals surface area contributed by atoms with E-state index in [-0.39, 0.29) is 5.56 Å². The van der Waals surface area contributed by atoms with Gasteiger partial charge in [-0.05, 0) is 30.3 Å². The summed E-state index contributed by atoms with van der Waals surface area (Å²) in [5, 5.41) is 10.2. The Labute approximate surface area is 134 Å². The van der Waals surface area contributed by atoms with Gasteiger partial charge >= 0.3 is 5.97 Å². The summed E-state index contributed by atoms with van der Waals surface area (Å²) < 4.78 is 1.67. The van der Waals surface area contributed by atoms with Crippen LogP contribution in [0.4, 0.5) is 0 Å². The van der Waals surface area contributed by atoms with E-state index >= 15 is 0 Å². The summed E-state index contributed by atoms with van der Waals surface area (Å²) in [6, 6.07) is 7.82. The summed E-state index contributed by atoms with van der Waals surface area (Å²) in [5.41, 5.74) is 2.02. The molecule has 0 spiro atoms. The molecule has 3 rings (SSSR count). The lowest BCUT2D eigenvalue weighted by Gasteiger charge is -2.09. The van der Waals surface area contributed by atoms with Crippen LogP contribution in [0.2, 0.25) is 15.1 Å². The van der Waals surface area contributed by atoms with E-state index < -0.39 is 5.97 Å². The first-order valence-corrected chi connectivity index (χ1v) is 6.96. The summed E-state index contributed by atoms with van der Waals surface area (Å²) in [5.74, 6) is -1.01. The summed E-state index contributed by atoms with van der Waals surface area (Å²) in [4.78, 5) is 15.3. The van der Waals surface area contributed by atoms with Gasteiger partial charge in [-0.2, -0.15) is 0 Å². The van der Waals surface area contributed by atoms with Gasteiger partial charge in [0.2, 0.25) is 0 Å². The van der Waals surface area contributed by atoms with Crippen LogP contribution in [0, 0.1) is 0 Å². The third-order valence-electron chi connectivity index (χ3n) is 3.04. The summed E-state index contributed by atoms with van der Waals surface area (Å²) in [6.45, 7) is 0. The fraction of sp³-hybridized carbons (Fsp3) is 0. The van der Waals surface area contributed by atoms with Gasteiger partial charge in [-0.1, -0.05) is 34.8 Å². The van der Waals surface area contributed by atoms with Gasteiger partial charge in [0, 0.05) is 0 Å². The van der Waals surface area contributed by atoms with Crippen LogP contribution in [0.25, 0.3) is 16.7 Å². The number of halogens is 3. The molecule has 2 aromatic carbocycles. The van der Waals surface area contributed by atoms with Crippen molar-refractivity contribution < 1.29 is 9.90 Å². The first-order valence-electron chi connectivity index (χ1n) is 5.82. The number of nitrogens with zero attached hydrogens (tertiary/aromatic N) is 2. The summed E-state index contributed by atoms with van der Waals surface area (Å²) in [6.07, 6.45) is 1.56. The molecule has 0 amide bonds. The number of hydrogen-bond donors (Lipinski definition) is 1. The maximum atomic E-state index is 11.1. The zero-order valence-corrected chi connectivity index (χ0v) is 12.6. The predicted molar refractivity (Wildman–Crippen MR) is 83.1 cm³/mol. The molecule has 106 valence electrons. The Kier molecular flexibility index (Phi) is 3.53. The van der Waals surface area contributed by atoms with Crippen molar-refractivity contribution in [2.45, 2.75) is 0 Å². The van der Waals surface area contributed by atoms with Crippen LogP contribution in [0.1, 0.15) is 10.4 Å². The summed E-state index contributed by atoms with van der Waals surface area (Å²) >= 11 is 18.1. The zero-order chi connectivity index (χ0) is 15.1. The molecule has 0 saturated heterocycles. The number of carboxylic acid groups (broad SMARTS) is 1. The van der Waals surface area contributed by atoms with Crippen LogP contribution in [-0.4, -0.2) is 20.6 Å². The monoisotopic (exact) mass is 340 g/mol. The van der Waals surface area contributed by atoms with E-state index in [9.17, 15) is 4.79 Å². The molecule has 0 aliphatic rings. The summed E-state index contributed by atoms with van der Waals surface area (Å²) in [7, 11) is 0. The smallest absolute Gasteiger partial charge is 0.335 e. The molecule has 21 heavy (non-hydrogen) atoms. The van der Waals surface area contributed by atoms with Gasteiger partial charge in [-0.3, -0.25) is 4.57 Å².